The van der Waals surface area contributed by atoms with E-state index in [1.165, 1.54) is 16.3 Å². The van der Waals surface area contributed by atoms with Crippen molar-refractivity contribution in [3.05, 3.63) is 48.0 Å². The highest BCUT2D eigenvalue weighted by molar-refractivity contribution is 5.90. The molecule has 4 rings (SSSR count). The molecule has 24 heavy (non-hydrogen) atoms. The molecule has 0 spiro atoms. The molecule has 2 aliphatic heterocycles. The first-order chi connectivity index (χ1) is 11.8. The zero-order chi connectivity index (χ0) is 16.4. The van der Waals surface area contributed by atoms with Gasteiger partial charge >= 0.3 is 0 Å². The SMILES string of the molecule is O=C(N1CCNCC1)C1(Cc2cccc3ccccc23)CCCN1. The van der Waals surface area contributed by atoms with Crippen LogP contribution in [-0.4, -0.2) is 49.1 Å². The van der Waals surface area contributed by atoms with Gasteiger partial charge < -0.3 is 15.5 Å². The molecular formula is C20H25N3O. The molecule has 2 saturated heterocycles. The van der Waals surface area contributed by atoms with Crippen LogP contribution < -0.4 is 10.6 Å². The molecule has 2 fully saturated rings. The second-order valence-electron chi connectivity index (χ2n) is 6.97. The van der Waals surface area contributed by atoms with Gasteiger partial charge in [-0.2, -0.15) is 0 Å². The van der Waals surface area contributed by atoms with E-state index in [2.05, 4.69) is 53.1 Å². The van der Waals surface area contributed by atoms with E-state index in [4.69, 9.17) is 0 Å². The normalized spacial score (nSPS) is 24.4. The lowest BCUT2D eigenvalue weighted by Gasteiger charge is -2.37. The molecular weight excluding hydrogens is 298 g/mol. The number of hydrogen-bond donors (Lipinski definition) is 2. The Labute approximate surface area is 143 Å². The molecule has 2 heterocycles. The zero-order valence-corrected chi connectivity index (χ0v) is 14.1. The highest BCUT2D eigenvalue weighted by atomic mass is 16.2. The number of benzene rings is 2. The van der Waals surface area contributed by atoms with Crippen LogP contribution in [0, 0.1) is 0 Å². The van der Waals surface area contributed by atoms with E-state index < -0.39 is 5.54 Å². The highest BCUT2D eigenvalue weighted by Gasteiger charge is 2.43. The second kappa shape index (κ2) is 6.54. The molecule has 4 heteroatoms. The molecule has 0 radical (unpaired) electrons. The smallest absolute Gasteiger partial charge is 0.243 e. The van der Waals surface area contributed by atoms with Crippen molar-refractivity contribution in [2.75, 3.05) is 32.7 Å². The third-order valence-corrected chi connectivity index (χ3v) is 5.43. The predicted molar refractivity (Wildman–Crippen MR) is 97.1 cm³/mol. The van der Waals surface area contributed by atoms with Crippen molar-refractivity contribution in [1.82, 2.24) is 15.5 Å². The number of amides is 1. The Hall–Kier alpha value is -1.91. The largest absolute Gasteiger partial charge is 0.339 e. The number of nitrogens with zero attached hydrogens (tertiary/aromatic N) is 1. The fraction of sp³-hybridized carbons (Fsp3) is 0.450. The number of fused-ring (bicyclic) bond motifs is 1. The van der Waals surface area contributed by atoms with E-state index in [0.29, 0.717) is 0 Å². The number of carbonyl (C=O) groups is 1. The quantitative estimate of drug-likeness (QED) is 0.907. The van der Waals surface area contributed by atoms with E-state index in [9.17, 15) is 4.79 Å². The molecule has 0 aliphatic carbocycles. The Morgan fingerprint density at radius 2 is 1.83 bits per heavy atom. The maximum Gasteiger partial charge on any atom is 0.243 e. The molecule has 0 bridgehead atoms. The molecule has 1 unspecified atom stereocenters. The van der Waals surface area contributed by atoms with Gasteiger partial charge in [-0.15, -0.1) is 0 Å². The summed E-state index contributed by atoms with van der Waals surface area (Å²) in [6.45, 7) is 4.37. The summed E-state index contributed by atoms with van der Waals surface area (Å²) < 4.78 is 0. The molecule has 1 atom stereocenters. The first kappa shape index (κ1) is 15.6. The van der Waals surface area contributed by atoms with Crippen LogP contribution in [0.25, 0.3) is 10.8 Å². The van der Waals surface area contributed by atoms with E-state index in [1.54, 1.807) is 0 Å². The average Bonchev–Trinajstić information content (AvgIpc) is 3.12. The van der Waals surface area contributed by atoms with E-state index in [0.717, 1.165) is 52.0 Å². The summed E-state index contributed by atoms with van der Waals surface area (Å²) in [7, 11) is 0. The molecule has 2 N–H and O–H groups in total. The summed E-state index contributed by atoms with van der Waals surface area (Å²) in [5.41, 5.74) is 0.840. The maximum atomic E-state index is 13.3. The summed E-state index contributed by atoms with van der Waals surface area (Å²) in [5.74, 6) is 0.287. The van der Waals surface area contributed by atoms with Crippen molar-refractivity contribution in [2.45, 2.75) is 24.8 Å². The molecule has 2 aliphatic rings. The summed E-state index contributed by atoms with van der Waals surface area (Å²) in [6.07, 6.45) is 2.78. The van der Waals surface area contributed by atoms with Crippen LogP contribution >= 0.6 is 0 Å². The van der Waals surface area contributed by atoms with Crippen molar-refractivity contribution in [1.29, 1.82) is 0 Å². The van der Waals surface area contributed by atoms with Gasteiger partial charge in [0.25, 0.3) is 0 Å². The van der Waals surface area contributed by atoms with E-state index >= 15 is 0 Å². The van der Waals surface area contributed by atoms with Crippen LogP contribution in [0.2, 0.25) is 0 Å². The van der Waals surface area contributed by atoms with Gasteiger partial charge in [0.2, 0.25) is 5.91 Å². The van der Waals surface area contributed by atoms with Gasteiger partial charge in [-0.05, 0) is 35.7 Å². The molecule has 0 aromatic heterocycles. The lowest BCUT2D eigenvalue weighted by atomic mass is 9.85. The Morgan fingerprint density at radius 3 is 2.62 bits per heavy atom. The van der Waals surface area contributed by atoms with Gasteiger partial charge in [0, 0.05) is 32.6 Å². The first-order valence-corrected chi connectivity index (χ1v) is 9.00. The lowest BCUT2D eigenvalue weighted by molar-refractivity contribution is -0.138. The number of carbonyl (C=O) groups excluding carboxylic acids is 1. The van der Waals surface area contributed by atoms with Crippen molar-refractivity contribution < 1.29 is 4.79 Å². The fourth-order valence-electron chi connectivity index (χ4n) is 4.16. The van der Waals surface area contributed by atoms with Crippen molar-refractivity contribution in [3.63, 3.8) is 0 Å². The summed E-state index contributed by atoms with van der Waals surface area (Å²) in [4.78, 5) is 15.3. The van der Waals surface area contributed by atoms with E-state index in [1.807, 2.05) is 4.90 Å². The van der Waals surface area contributed by atoms with Gasteiger partial charge in [0.15, 0.2) is 0 Å². The Bertz CT molecular complexity index is 725. The number of hydrogen-bond acceptors (Lipinski definition) is 3. The third-order valence-electron chi connectivity index (χ3n) is 5.43. The van der Waals surface area contributed by atoms with Crippen molar-refractivity contribution >= 4 is 16.7 Å². The molecule has 126 valence electrons. The Morgan fingerprint density at radius 1 is 1.04 bits per heavy atom. The lowest BCUT2D eigenvalue weighted by Crippen LogP contribution is -2.59. The predicted octanol–water partition coefficient (Wildman–Crippen LogP) is 1.94. The number of piperazine rings is 1. The summed E-state index contributed by atoms with van der Waals surface area (Å²) in [6, 6.07) is 14.9. The van der Waals surface area contributed by atoms with Crippen LogP contribution in [0.15, 0.2) is 42.5 Å². The van der Waals surface area contributed by atoms with Gasteiger partial charge in [-0.25, -0.2) is 0 Å². The minimum absolute atomic E-state index is 0.287. The Kier molecular flexibility index (Phi) is 4.25. The molecule has 4 nitrogen and oxygen atoms in total. The minimum Gasteiger partial charge on any atom is -0.339 e. The second-order valence-corrected chi connectivity index (χ2v) is 6.97. The van der Waals surface area contributed by atoms with Crippen LogP contribution in [0.5, 0.6) is 0 Å². The summed E-state index contributed by atoms with van der Waals surface area (Å²) >= 11 is 0. The molecule has 2 aromatic rings. The van der Waals surface area contributed by atoms with Gasteiger partial charge in [0.1, 0.15) is 5.54 Å². The fourth-order valence-corrected chi connectivity index (χ4v) is 4.16. The zero-order valence-electron chi connectivity index (χ0n) is 14.1. The van der Waals surface area contributed by atoms with Crippen LogP contribution in [-0.2, 0) is 11.2 Å². The topological polar surface area (TPSA) is 44.4 Å². The van der Waals surface area contributed by atoms with Crippen LogP contribution in [0.3, 0.4) is 0 Å². The van der Waals surface area contributed by atoms with Gasteiger partial charge in [-0.3, -0.25) is 4.79 Å². The van der Waals surface area contributed by atoms with Gasteiger partial charge in [-0.1, -0.05) is 42.5 Å². The average molecular weight is 323 g/mol. The van der Waals surface area contributed by atoms with Gasteiger partial charge in [0.05, 0.1) is 0 Å². The highest BCUT2D eigenvalue weighted by Crippen LogP contribution is 2.30. The Balaban J connectivity index is 1.66. The monoisotopic (exact) mass is 323 g/mol. The summed E-state index contributed by atoms with van der Waals surface area (Å²) in [5, 5.41) is 9.41. The van der Waals surface area contributed by atoms with E-state index in [-0.39, 0.29) is 5.91 Å². The van der Waals surface area contributed by atoms with Crippen LogP contribution in [0.1, 0.15) is 18.4 Å². The standard InChI is InChI=1S/C20H25N3O/c24-19(23-13-11-21-12-14-23)20(9-4-10-22-20)15-17-7-3-6-16-5-1-2-8-18(16)17/h1-3,5-8,21-22H,4,9-15H2. The molecule has 0 saturated carbocycles. The first-order valence-electron chi connectivity index (χ1n) is 9.00. The number of rotatable bonds is 3. The van der Waals surface area contributed by atoms with Crippen molar-refractivity contribution in [2.24, 2.45) is 0 Å². The molecule has 2 aromatic carbocycles. The third kappa shape index (κ3) is 2.80. The number of nitrogens with one attached hydrogen (secondary N) is 2. The van der Waals surface area contributed by atoms with Crippen LogP contribution in [0.4, 0.5) is 0 Å². The maximum absolute atomic E-state index is 13.3. The minimum atomic E-state index is -0.429. The van der Waals surface area contributed by atoms with Crippen molar-refractivity contribution in [3.8, 4) is 0 Å². The molecule has 1 amide bonds.